The van der Waals surface area contributed by atoms with Crippen molar-refractivity contribution in [3.05, 3.63) is 71.8 Å². The summed E-state index contributed by atoms with van der Waals surface area (Å²) in [7, 11) is 0. The van der Waals surface area contributed by atoms with E-state index in [4.69, 9.17) is 4.74 Å². The van der Waals surface area contributed by atoms with E-state index in [1.165, 1.54) is 0 Å². The van der Waals surface area contributed by atoms with Crippen molar-refractivity contribution in [3.8, 4) is 0 Å². The highest BCUT2D eigenvalue weighted by Crippen LogP contribution is 2.41. The molecule has 4 heteroatoms. The number of hydrogen-bond donors (Lipinski definition) is 0. The van der Waals surface area contributed by atoms with E-state index in [-0.39, 0.29) is 18.6 Å². The van der Waals surface area contributed by atoms with Gasteiger partial charge in [-0.05, 0) is 18.1 Å². The molecule has 1 fully saturated rings. The van der Waals surface area contributed by atoms with Crippen molar-refractivity contribution >= 4 is 11.9 Å². The zero-order valence-corrected chi connectivity index (χ0v) is 13.0. The summed E-state index contributed by atoms with van der Waals surface area (Å²) >= 11 is 0. The molecule has 23 heavy (non-hydrogen) atoms. The maximum Gasteiger partial charge on any atom is 0.321 e. The second kappa shape index (κ2) is 6.65. The van der Waals surface area contributed by atoms with Crippen LogP contribution in [-0.2, 0) is 20.9 Å². The van der Waals surface area contributed by atoms with Gasteiger partial charge in [0.25, 0.3) is 0 Å². The van der Waals surface area contributed by atoms with E-state index in [1.807, 2.05) is 60.7 Å². The number of benzene rings is 2. The van der Waals surface area contributed by atoms with Gasteiger partial charge in [0, 0.05) is 6.54 Å². The molecule has 0 aliphatic carbocycles. The Morgan fingerprint density at radius 3 is 2.26 bits per heavy atom. The fourth-order valence-corrected chi connectivity index (χ4v) is 2.99. The largest absolute Gasteiger partial charge is 0.465 e. The minimum absolute atomic E-state index is 0.166. The number of ether oxygens (including phenoxy) is 1. The molecule has 2 aromatic carbocycles. The van der Waals surface area contributed by atoms with Crippen LogP contribution in [0.25, 0.3) is 0 Å². The van der Waals surface area contributed by atoms with Crippen LogP contribution in [0, 0.1) is 5.92 Å². The average Bonchev–Trinajstić information content (AvgIpc) is 2.59. The Balaban J connectivity index is 1.86. The fourth-order valence-electron chi connectivity index (χ4n) is 2.99. The van der Waals surface area contributed by atoms with Crippen molar-refractivity contribution in [3.63, 3.8) is 0 Å². The quantitative estimate of drug-likeness (QED) is 0.485. The average molecular weight is 309 g/mol. The third-order valence-electron chi connectivity index (χ3n) is 4.08. The number of nitrogens with zero attached hydrogens (tertiary/aromatic N) is 1. The number of rotatable bonds is 5. The Morgan fingerprint density at radius 2 is 1.65 bits per heavy atom. The number of amides is 1. The van der Waals surface area contributed by atoms with Crippen LogP contribution in [0.2, 0.25) is 0 Å². The smallest absolute Gasteiger partial charge is 0.321 e. The lowest BCUT2D eigenvalue weighted by atomic mass is 9.82. The summed E-state index contributed by atoms with van der Waals surface area (Å²) in [5.41, 5.74) is 2.00. The van der Waals surface area contributed by atoms with Gasteiger partial charge in [-0.1, -0.05) is 60.7 Å². The van der Waals surface area contributed by atoms with Gasteiger partial charge < -0.3 is 9.64 Å². The lowest BCUT2D eigenvalue weighted by Crippen LogP contribution is -2.57. The number of carbonyl (C=O) groups excluding carboxylic acids is 2. The van der Waals surface area contributed by atoms with Gasteiger partial charge in [-0.3, -0.25) is 9.59 Å². The number of esters is 1. The van der Waals surface area contributed by atoms with Crippen molar-refractivity contribution < 1.29 is 14.3 Å². The Morgan fingerprint density at radius 1 is 1.04 bits per heavy atom. The highest BCUT2D eigenvalue weighted by molar-refractivity contribution is 6.03. The van der Waals surface area contributed by atoms with Crippen LogP contribution in [0.5, 0.6) is 0 Å². The first-order chi connectivity index (χ1) is 11.2. The van der Waals surface area contributed by atoms with E-state index >= 15 is 0 Å². The summed E-state index contributed by atoms with van der Waals surface area (Å²) in [6, 6.07) is 19.2. The number of β-lactam (4-membered cyclic amide) rings is 1. The molecule has 1 saturated heterocycles. The topological polar surface area (TPSA) is 46.6 Å². The molecule has 4 nitrogen and oxygen atoms in total. The van der Waals surface area contributed by atoms with Gasteiger partial charge in [0.1, 0.15) is 0 Å². The summed E-state index contributed by atoms with van der Waals surface area (Å²) in [6.45, 7) is 2.53. The van der Waals surface area contributed by atoms with E-state index < -0.39 is 11.9 Å². The summed E-state index contributed by atoms with van der Waals surface area (Å²) < 4.78 is 5.08. The Labute approximate surface area is 135 Å². The number of hydrogen-bond acceptors (Lipinski definition) is 3. The molecule has 0 bridgehead atoms. The van der Waals surface area contributed by atoms with E-state index in [0.717, 1.165) is 11.1 Å². The van der Waals surface area contributed by atoms with Crippen molar-refractivity contribution in [1.82, 2.24) is 4.90 Å². The SMILES string of the molecule is CCOC(=O)[C@@H]1C(=O)N(Cc2ccccc2)[C@H]1c1ccccc1. The number of carbonyl (C=O) groups is 2. The molecule has 0 radical (unpaired) electrons. The van der Waals surface area contributed by atoms with E-state index in [0.29, 0.717) is 6.54 Å². The van der Waals surface area contributed by atoms with Gasteiger partial charge in [-0.15, -0.1) is 0 Å². The first-order valence-electron chi connectivity index (χ1n) is 7.78. The van der Waals surface area contributed by atoms with Gasteiger partial charge in [-0.2, -0.15) is 0 Å². The zero-order valence-electron chi connectivity index (χ0n) is 13.0. The van der Waals surface area contributed by atoms with Crippen LogP contribution >= 0.6 is 0 Å². The van der Waals surface area contributed by atoms with Gasteiger partial charge in [-0.25, -0.2) is 0 Å². The molecule has 0 aromatic heterocycles. The molecule has 1 aliphatic heterocycles. The maximum atomic E-state index is 12.5. The summed E-state index contributed by atoms with van der Waals surface area (Å²) in [5, 5.41) is 0. The third kappa shape index (κ3) is 2.97. The highest BCUT2D eigenvalue weighted by atomic mass is 16.5. The van der Waals surface area contributed by atoms with E-state index in [9.17, 15) is 9.59 Å². The molecule has 1 heterocycles. The first-order valence-corrected chi connectivity index (χ1v) is 7.78. The molecule has 1 amide bonds. The molecule has 0 spiro atoms. The van der Waals surface area contributed by atoms with Crippen LogP contribution in [0.4, 0.5) is 0 Å². The van der Waals surface area contributed by atoms with Crippen molar-refractivity contribution in [1.29, 1.82) is 0 Å². The molecule has 2 atom stereocenters. The lowest BCUT2D eigenvalue weighted by Gasteiger charge is -2.46. The maximum absolute atomic E-state index is 12.5. The highest BCUT2D eigenvalue weighted by Gasteiger charge is 2.52. The minimum atomic E-state index is -0.735. The molecular formula is C19H19NO3. The molecule has 1 aliphatic rings. The predicted octanol–water partition coefficient (Wildman–Crippen LogP) is 2.95. The van der Waals surface area contributed by atoms with Crippen LogP contribution in [0.3, 0.4) is 0 Å². The molecule has 118 valence electrons. The summed E-state index contributed by atoms with van der Waals surface area (Å²) in [5.74, 6) is -1.34. The minimum Gasteiger partial charge on any atom is -0.465 e. The second-order valence-corrected chi connectivity index (χ2v) is 5.54. The molecule has 3 rings (SSSR count). The van der Waals surface area contributed by atoms with Gasteiger partial charge >= 0.3 is 5.97 Å². The van der Waals surface area contributed by atoms with Gasteiger partial charge in [0.15, 0.2) is 5.92 Å². The van der Waals surface area contributed by atoms with Crippen LogP contribution < -0.4 is 0 Å². The van der Waals surface area contributed by atoms with E-state index in [1.54, 1.807) is 11.8 Å². The standard InChI is InChI=1S/C19H19NO3/c1-2-23-19(22)16-17(15-11-7-4-8-12-15)20(18(16)21)13-14-9-5-3-6-10-14/h3-12,16-17H,2,13H2,1H3/t16-,17-/m0/s1. The van der Waals surface area contributed by atoms with Gasteiger partial charge in [0.2, 0.25) is 5.91 Å². The fraction of sp³-hybridized carbons (Fsp3) is 0.263. The predicted molar refractivity (Wildman–Crippen MR) is 86.3 cm³/mol. The normalized spacial score (nSPS) is 20.0. The number of likely N-dealkylation sites (tertiary alicyclic amines) is 1. The van der Waals surface area contributed by atoms with Crippen molar-refractivity contribution in [2.24, 2.45) is 5.92 Å². The molecular weight excluding hydrogens is 290 g/mol. The Bertz CT molecular complexity index is 684. The first kappa shape index (κ1) is 15.3. The zero-order chi connectivity index (χ0) is 16.2. The van der Waals surface area contributed by atoms with Crippen LogP contribution in [-0.4, -0.2) is 23.4 Å². The van der Waals surface area contributed by atoms with E-state index in [2.05, 4.69) is 0 Å². The second-order valence-electron chi connectivity index (χ2n) is 5.54. The lowest BCUT2D eigenvalue weighted by molar-refractivity contribution is -0.174. The molecule has 0 N–H and O–H groups in total. The molecule has 0 saturated carbocycles. The van der Waals surface area contributed by atoms with Crippen LogP contribution in [0.1, 0.15) is 24.1 Å². The monoisotopic (exact) mass is 309 g/mol. The van der Waals surface area contributed by atoms with Crippen molar-refractivity contribution in [2.45, 2.75) is 19.5 Å². The Hall–Kier alpha value is -2.62. The van der Waals surface area contributed by atoms with Gasteiger partial charge in [0.05, 0.1) is 12.6 Å². The molecule has 2 aromatic rings. The van der Waals surface area contributed by atoms with Crippen LogP contribution in [0.15, 0.2) is 60.7 Å². The summed E-state index contributed by atoms with van der Waals surface area (Å²) in [4.78, 5) is 26.4. The van der Waals surface area contributed by atoms with Crippen molar-refractivity contribution in [2.75, 3.05) is 6.61 Å². The third-order valence-corrected chi connectivity index (χ3v) is 4.08. The summed E-state index contributed by atoms with van der Waals surface area (Å²) in [6.07, 6.45) is 0. The Kier molecular flexibility index (Phi) is 4.42. The molecule has 0 unspecified atom stereocenters.